The van der Waals surface area contributed by atoms with Crippen molar-refractivity contribution in [2.45, 2.75) is 19.5 Å². The zero-order valence-electron chi connectivity index (χ0n) is 14.2. The Labute approximate surface area is 173 Å². The van der Waals surface area contributed by atoms with Crippen molar-refractivity contribution in [3.8, 4) is 11.4 Å². The zero-order chi connectivity index (χ0) is 15.2. The van der Waals surface area contributed by atoms with Crippen LogP contribution in [0.1, 0.15) is 6.42 Å². The van der Waals surface area contributed by atoms with E-state index >= 15 is 0 Å². The number of halogens is 2. The normalized spacial score (nSPS) is 12.0. The monoisotopic (exact) mass is 474 g/mol. The summed E-state index contributed by atoms with van der Waals surface area (Å²) in [5, 5.41) is 5.28. The molecule has 0 spiro atoms. The molecule has 3 heterocycles. The quantitative estimate of drug-likeness (QED) is 0.241. The molecule has 0 saturated heterocycles. The average molecular weight is 476 g/mol. The summed E-state index contributed by atoms with van der Waals surface area (Å²) in [5.41, 5.74) is 2.69. The second-order valence-corrected chi connectivity index (χ2v) is 6.24. The first-order valence-electron chi connectivity index (χ1n) is 8.24. The highest BCUT2D eigenvalue weighted by Gasteiger charge is 2.31. The molecule has 1 aliphatic rings. The Hall–Kier alpha value is -1.82. The SMILES string of the molecule is O.[Br-].[Br-].c1ccc2c3[n+](ccc2c1)CCC[n+]1ccc2ccccc2c1-3. The van der Waals surface area contributed by atoms with Crippen LogP contribution in [-0.2, 0) is 13.1 Å². The molecule has 2 aromatic heterocycles. The van der Waals surface area contributed by atoms with Crippen molar-refractivity contribution in [2.24, 2.45) is 0 Å². The molecular formula is C21H20Br2N2O. The number of hydrogen-bond acceptors (Lipinski definition) is 0. The van der Waals surface area contributed by atoms with E-state index in [1.54, 1.807) is 0 Å². The summed E-state index contributed by atoms with van der Waals surface area (Å²) in [6.45, 7) is 2.13. The molecule has 0 aliphatic carbocycles. The van der Waals surface area contributed by atoms with Gasteiger partial charge in [-0.3, -0.25) is 0 Å². The van der Waals surface area contributed by atoms with Gasteiger partial charge in [-0.25, -0.2) is 0 Å². The molecule has 26 heavy (non-hydrogen) atoms. The Kier molecular flexibility index (Phi) is 6.50. The molecule has 2 aromatic carbocycles. The number of fused-ring (bicyclic) bond motifs is 7. The van der Waals surface area contributed by atoms with Gasteiger partial charge in [-0.15, -0.1) is 0 Å². The van der Waals surface area contributed by atoms with E-state index in [9.17, 15) is 0 Å². The molecule has 4 aromatic rings. The van der Waals surface area contributed by atoms with Gasteiger partial charge in [0.05, 0.1) is 17.2 Å². The van der Waals surface area contributed by atoms with Crippen LogP contribution in [0.3, 0.4) is 0 Å². The molecule has 0 unspecified atom stereocenters. The average Bonchev–Trinajstić information content (AvgIpc) is 2.81. The van der Waals surface area contributed by atoms with Crippen molar-refractivity contribution in [1.29, 1.82) is 0 Å². The van der Waals surface area contributed by atoms with Crippen LogP contribution in [0.4, 0.5) is 0 Å². The third kappa shape index (κ3) is 3.15. The molecule has 5 heteroatoms. The van der Waals surface area contributed by atoms with E-state index in [0.29, 0.717) is 0 Å². The second kappa shape index (κ2) is 8.25. The molecule has 134 valence electrons. The summed E-state index contributed by atoms with van der Waals surface area (Å²) in [4.78, 5) is 0. The maximum absolute atomic E-state index is 2.42. The van der Waals surface area contributed by atoms with Crippen molar-refractivity contribution in [2.75, 3.05) is 0 Å². The van der Waals surface area contributed by atoms with Gasteiger partial charge in [0.2, 0.25) is 0 Å². The first-order chi connectivity index (χ1) is 11.4. The van der Waals surface area contributed by atoms with Crippen molar-refractivity contribution < 1.29 is 48.6 Å². The van der Waals surface area contributed by atoms with E-state index in [1.165, 1.54) is 32.9 Å². The summed E-state index contributed by atoms with van der Waals surface area (Å²) >= 11 is 0. The van der Waals surface area contributed by atoms with Crippen molar-refractivity contribution in [1.82, 2.24) is 0 Å². The Morgan fingerprint density at radius 1 is 0.577 bits per heavy atom. The second-order valence-electron chi connectivity index (χ2n) is 6.24. The number of nitrogens with zero attached hydrogens (tertiary/aromatic N) is 2. The van der Waals surface area contributed by atoms with Gasteiger partial charge in [0.25, 0.3) is 11.4 Å². The maximum atomic E-state index is 2.42. The smallest absolute Gasteiger partial charge is 0.285 e. The van der Waals surface area contributed by atoms with Crippen molar-refractivity contribution >= 4 is 21.5 Å². The topological polar surface area (TPSA) is 39.3 Å². The maximum Gasteiger partial charge on any atom is 0.285 e. The molecule has 2 N–H and O–H groups in total. The highest BCUT2D eigenvalue weighted by Crippen LogP contribution is 2.29. The number of pyridine rings is 2. The minimum atomic E-state index is 0. The van der Waals surface area contributed by atoms with Gasteiger partial charge in [0.15, 0.2) is 25.5 Å². The number of aryl methyl sites for hydroxylation is 2. The van der Waals surface area contributed by atoms with Gasteiger partial charge in [-0.1, -0.05) is 36.4 Å². The molecule has 5 rings (SSSR count). The van der Waals surface area contributed by atoms with E-state index in [2.05, 4.69) is 82.2 Å². The highest BCUT2D eigenvalue weighted by atomic mass is 79.9. The van der Waals surface area contributed by atoms with Gasteiger partial charge in [0.1, 0.15) is 0 Å². The van der Waals surface area contributed by atoms with Gasteiger partial charge < -0.3 is 39.4 Å². The Bertz CT molecular complexity index is 981. The van der Waals surface area contributed by atoms with Crippen LogP contribution in [0.15, 0.2) is 73.1 Å². The largest absolute Gasteiger partial charge is 1.00 e. The number of aromatic nitrogens is 2. The van der Waals surface area contributed by atoms with Gasteiger partial charge in [-0.05, 0) is 22.9 Å². The first kappa shape index (κ1) is 20.5. The standard InChI is InChI=1S/C21H18N2.2BrH.H2O/c1-3-8-18-16(6-1)10-14-22-12-5-13-23-15-11-17-7-2-4-9-19(17)21(23)20(18)22;;;/h1-4,6-11,14-15H,5,12-13H2;2*1H;1H2/q+2;;;/p-2. The predicted molar refractivity (Wildman–Crippen MR) is 95.5 cm³/mol. The minimum Gasteiger partial charge on any atom is -1.00 e. The lowest BCUT2D eigenvalue weighted by Crippen LogP contribution is -3.00. The summed E-state index contributed by atoms with van der Waals surface area (Å²) < 4.78 is 4.85. The number of rotatable bonds is 0. The fraction of sp³-hybridized carbons (Fsp3) is 0.143. The Morgan fingerprint density at radius 3 is 1.46 bits per heavy atom. The van der Waals surface area contributed by atoms with Crippen molar-refractivity contribution in [3.63, 3.8) is 0 Å². The van der Waals surface area contributed by atoms with E-state index in [1.807, 2.05) is 0 Å². The molecule has 0 radical (unpaired) electrons. The molecule has 0 amide bonds. The molecule has 0 bridgehead atoms. The van der Waals surface area contributed by atoms with Crippen LogP contribution < -0.4 is 43.1 Å². The number of benzene rings is 2. The molecule has 3 nitrogen and oxygen atoms in total. The van der Waals surface area contributed by atoms with E-state index in [-0.39, 0.29) is 39.4 Å². The Balaban J connectivity index is 0.000000810. The van der Waals surface area contributed by atoms with Gasteiger partial charge in [-0.2, -0.15) is 9.13 Å². The lowest BCUT2D eigenvalue weighted by atomic mass is 10.0. The minimum absolute atomic E-state index is 0. The van der Waals surface area contributed by atoms with Crippen LogP contribution >= 0.6 is 0 Å². The molecule has 0 fully saturated rings. The highest BCUT2D eigenvalue weighted by molar-refractivity contribution is 5.99. The Morgan fingerprint density at radius 2 is 1.00 bits per heavy atom. The van der Waals surface area contributed by atoms with E-state index in [0.717, 1.165) is 19.5 Å². The molecule has 1 aliphatic heterocycles. The first-order valence-corrected chi connectivity index (χ1v) is 8.24. The fourth-order valence-electron chi connectivity index (χ4n) is 3.83. The van der Waals surface area contributed by atoms with Gasteiger partial charge in [0, 0.05) is 12.1 Å². The predicted octanol–water partition coefficient (Wildman–Crippen LogP) is -3.18. The van der Waals surface area contributed by atoms with E-state index in [4.69, 9.17) is 0 Å². The van der Waals surface area contributed by atoms with Crippen molar-refractivity contribution in [3.05, 3.63) is 73.1 Å². The molecule has 0 saturated carbocycles. The van der Waals surface area contributed by atoms with Crippen LogP contribution in [0.5, 0.6) is 0 Å². The van der Waals surface area contributed by atoms with Gasteiger partial charge >= 0.3 is 0 Å². The lowest BCUT2D eigenvalue weighted by Gasteiger charge is -2.06. The van der Waals surface area contributed by atoms with Crippen LogP contribution in [0.25, 0.3) is 32.9 Å². The molecule has 0 atom stereocenters. The van der Waals surface area contributed by atoms with E-state index < -0.39 is 0 Å². The number of hydrogen-bond donors (Lipinski definition) is 0. The summed E-state index contributed by atoms with van der Waals surface area (Å²) in [7, 11) is 0. The molecular weight excluding hydrogens is 456 g/mol. The van der Waals surface area contributed by atoms with Crippen LogP contribution in [0.2, 0.25) is 0 Å². The fourth-order valence-corrected chi connectivity index (χ4v) is 3.83. The summed E-state index contributed by atoms with van der Waals surface area (Å²) in [5.74, 6) is 0. The van der Waals surface area contributed by atoms with Crippen LogP contribution in [-0.4, -0.2) is 5.48 Å². The summed E-state index contributed by atoms with van der Waals surface area (Å²) in [6, 6.07) is 21.9. The third-order valence-corrected chi connectivity index (χ3v) is 4.90. The van der Waals surface area contributed by atoms with Crippen LogP contribution in [0, 0.1) is 0 Å². The zero-order valence-corrected chi connectivity index (χ0v) is 17.4. The summed E-state index contributed by atoms with van der Waals surface area (Å²) in [6.07, 6.45) is 5.65. The lowest BCUT2D eigenvalue weighted by molar-refractivity contribution is -0.687. The third-order valence-electron chi connectivity index (χ3n) is 4.90.